The van der Waals surface area contributed by atoms with Crippen molar-refractivity contribution >= 4 is 23.4 Å². The second-order valence-electron chi connectivity index (χ2n) is 6.88. The highest BCUT2D eigenvalue weighted by molar-refractivity contribution is 8.00. The molecule has 31 heavy (non-hydrogen) atoms. The van der Waals surface area contributed by atoms with E-state index in [1.54, 1.807) is 19.1 Å². The summed E-state index contributed by atoms with van der Waals surface area (Å²) in [4.78, 5) is 12.6. The van der Waals surface area contributed by atoms with Crippen LogP contribution in [-0.4, -0.2) is 21.4 Å². The number of hydrogen-bond acceptors (Lipinski definition) is 6. The molecule has 3 aromatic carbocycles. The Morgan fingerprint density at radius 2 is 1.61 bits per heavy atom. The van der Waals surface area contributed by atoms with E-state index in [4.69, 9.17) is 9.15 Å². The Morgan fingerprint density at radius 1 is 0.935 bits per heavy atom. The second-order valence-corrected chi connectivity index (χ2v) is 8.17. The van der Waals surface area contributed by atoms with Gasteiger partial charge in [-0.25, -0.2) is 0 Å². The minimum absolute atomic E-state index is 0.155. The van der Waals surface area contributed by atoms with Gasteiger partial charge in [0.2, 0.25) is 11.8 Å². The summed E-state index contributed by atoms with van der Waals surface area (Å²) in [5.41, 5.74) is 2.62. The van der Waals surface area contributed by atoms with Crippen LogP contribution in [0.5, 0.6) is 11.5 Å². The summed E-state index contributed by atoms with van der Waals surface area (Å²) >= 11 is 1.22. The Kier molecular flexibility index (Phi) is 6.33. The minimum atomic E-state index is -0.412. The van der Waals surface area contributed by atoms with E-state index in [-0.39, 0.29) is 5.91 Å². The highest BCUT2D eigenvalue weighted by atomic mass is 32.2. The molecule has 1 atom stereocenters. The van der Waals surface area contributed by atoms with Gasteiger partial charge in [0, 0.05) is 11.3 Å². The molecule has 0 fully saturated rings. The highest BCUT2D eigenvalue weighted by Gasteiger charge is 2.19. The largest absolute Gasteiger partial charge is 0.457 e. The molecule has 0 unspecified atom stereocenters. The Balaban J connectivity index is 1.34. The summed E-state index contributed by atoms with van der Waals surface area (Å²) in [7, 11) is 0. The third kappa shape index (κ3) is 5.32. The molecule has 0 saturated heterocycles. The summed E-state index contributed by atoms with van der Waals surface area (Å²) in [5.74, 6) is 1.75. The maximum atomic E-state index is 12.6. The molecule has 0 bridgehead atoms. The maximum Gasteiger partial charge on any atom is 0.277 e. The summed E-state index contributed by atoms with van der Waals surface area (Å²) in [6.45, 7) is 3.78. The van der Waals surface area contributed by atoms with E-state index in [0.29, 0.717) is 22.6 Å². The van der Waals surface area contributed by atoms with Crippen LogP contribution in [0.15, 0.2) is 88.5 Å². The molecule has 4 aromatic rings. The first-order valence-electron chi connectivity index (χ1n) is 9.78. The van der Waals surface area contributed by atoms with Crippen molar-refractivity contribution in [3.63, 3.8) is 0 Å². The third-order valence-electron chi connectivity index (χ3n) is 4.53. The number of para-hydroxylation sites is 1. The Morgan fingerprint density at radius 3 is 2.35 bits per heavy atom. The zero-order valence-corrected chi connectivity index (χ0v) is 17.9. The molecule has 1 N–H and O–H groups in total. The number of carbonyl (C=O) groups is 1. The van der Waals surface area contributed by atoms with Crippen LogP contribution in [-0.2, 0) is 4.79 Å². The van der Waals surface area contributed by atoms with Crippen molar-refractivity contribution in [2.75, 3.05) is 5.32 Å². The third-order valence-corrected chi connectivity index (χ3v) is 5.46. The molecular formula is C24H21N3O3S. The van der Waals surface area contributed by atoms with Crippen molar-refractivity contribution in [1.82, 2.24) is 10.2 Å². The van der Waals surface area contributed by atoms with Crippen molar-refractivity contribution in [2.45, 2.75) is 24.3 Å². The summed E-state index contributed by atoms with van der Waals surface area (Å²) < 4.78 is 11.5. The first kappa shape index (κ1) is 20.7. The van der Waals surface area contributed by atoms with Crippen LogP contribution in [0.1, 0.15) is 12.5 Å². The van der Waals surface area contributed by atoms with Crippen molar-refractivity contribution in [1.29, 1.82) is 0 Å². The first-order valence-corrected chi connectivity index (χ1v) is 10.7. The van der Waals surface area contributed by atoms with Gasteiger partial charge in [0.25, 0.3) is 5.22 Å². The molecule has 0 radical (unpaired) electrons. The van der Waals surface area contributed by atoms with Crippen LogP contribution in [0.25, 0.3) is 11.5 Å². The van der Waals surface area contributed by atoms with Crippen molar-refractivity contribution in [3.05, 3.63) is 84.4 Å². The standard InChI is InChI=1S/C24H21N3O3S/c1-16-8-6-7-11-21(16)23-26-27-24(30-23)31-17(2)22(28)25-18-12-14-20(15-13-18)29-19-9-4-3-5-10-19/h3-15,17H,1-2H3,(H,25,28)/t17-/m0/s1. The summed E-state index contributed by atoms with van der Waals surface area (Å²) in [6.07, 6.45) is 0. The minimum Gasteiger partial charge on any atom is -0.457 e. The van der Waals surface area contributed by atoms with Crippen molar-refractivity contribution in [2.24, 2.45) is 0 Å². The molecule has 0 aliphatic carbocycles. The Labute approximate surface area is 184 Å². The quantitative estimate of drug-likeness (QED) is 0.364. The van der Waals surface area contributed by atoms with E-state index in [0.717, 1.165) is 16.9 Å². The molecule has 0 aliphatic rings. The average molecular weight is 432 g/mol. The number of hydrogen-bond donors (Lipinski definition) is 1. The fourth-order valence-corrected chi connectivity index (χ4v) is 3.54. The van der Waals surface area contributed by atoms with Crippen LogP contribution < -0.4 is 10.1 Å². The molecule has 0 spiro atoms. The van der Waals surface area contributed by atoms with Crippen LogP contribution in [0.4, 0.5) is 5.69 Å². The molecular weight excluding hydrogens is 410 g/mol. The number of rotatable bonds is 7. The van der Waals surface area contributed by atoms with Gasteiger partial charge >= 0.3 is 0 Å². The van der Waals surface area contributed by atoms with Gasteiger partial charge in [0.15, 0.2) is 0 Å². The van der Waals surface area contributed by atoms with E-state index in [9.17, 15) is 4.79 Å². The number of aryl methyl sites for hydroxylation is 1. The number of nitrogens with one attached hydrogen (secondary N) is 1. The van der Waals surface area contributed by atoms with E-state index in [1.165, 1.54) is 11.8 Å². The molecule has 0 aliphatic heterocycles. The zero-order valence-electron chi connectivity index (χ0n) is 17.1. The predicted octanol–water partition coefficient (Wildman–Crippen LogP) is 5.96. The van der Waals surface area contributed by atoms with Crippen LogP contribution in [0.2, 0.25) is 0 Å². The lowest BCUT2D eigenvalue weighted by Gasteiger charge is -2.11. The lowest BCUT2D eigenvalue weighted by Crippen LogP contribution is -2.22. The average Bonchev–Trinajstić information content (AvgIpc) is 3.24. The fourth-order valence-electron chi connectivity index (χ4n) is 2.86. The SMILES string of the molecule is Cc1ccccc1-c1nnc(S[C@@H](C)C(=O)Nc2ccc(Oc3ccccc3)cc2)o1. The molecule has 156 valence electrons. The topological polar surface area (TPSA) is 77.2 Å². The summed E-state index contributed by atoms with van der Waals surface area (Å²) in [6, 6.07) is 24.6. The normalized spacial score (nSPS) is 11.7. The van der Waals surface area contributed by atoms with Crippen molar-refractivity contribution in [3.8, 4) is 23.0 Å². The zero-order chi connectivity index (χ0) is 21.6. The number of benzene rings is 3. The van der Waals surface area contributed by atoms with E-state index < -0.39 is 5.25 Å². The smallest absolute Gasteiger partial charge is 0.277 e. The Hall–Kier alpha value is -3.58. The van der Waals surface area contributed by atoms with Gasteiger partial charge in [0.05, 0.1) is 5.25 Å². The number of thioether (sulfide) groups is 1. The van der Waals surface area contributed by atoms with Crippen LogP contribution >= 0.6 is 11.8 Å². The van der Waals surface area contributed by atoms with Crippen molar-refractivity contribution < 1.29 is 13.9 Å². The molecule has 1 amide bonds. The van der Waals surface area contributed by atoms with Gasteiger partial charge in [0.1, 0.15) is 11.5 Å². The number of ether oxygens (including phenoxy) is 1. The van der Waals surface area contributed by atoms with Gasteiger partial charge in [-0.1, -0.05) is 48.2 Å². The number of amides is 1. The first-order chi connectivity index (χ1) is 15.1. The van der Waals surface area contributed by atoms with Gasteiger partial charge in [-0.3, -0.25) is 4.79 Å². The van der Waals surface area contributed by atoms with Gasteiger partial charge in [-0.15, -0.1) is 10.2 Å². The van der Waals surface area contributed by atoms with E-state index in [1.807, 2.05) is 73.7 Å². The molecule has 1 aromatic heterocycles. The number of anilines is 1. The van der Waals surface area contributed by atoms with E-state index in [2.05, 4.69) is 15.5 Å². The molecule has 4 rings (SSSR count). The maximum absolute atomic E-state index is 12.6. The lowest BCUT2D eigenvalue weighted by molar-refractivity contribution is -0.115. The Bertz CT molecular complexity index is 1160. The molecule has 0 saturated carbocycles. The summed E-state index contributed by atoms with van der Waals surface area (Å²) in [5, 5.41) is 11.0. The highest BCUT2D eigenvalue weighted by Crippen LogP contribution is 2.28. The van der Waals surface area contributed by atoms with E-state index >= 15 is 0 Å². The number of aromatic nitrogens is 2. The van der Waals surface area contributed by atoms with Gasteiger partial charge in [-0.05, 0) is 61.9 Å². The van der Waals surface area contributed by atoms with Gasteiger partial charge in [-0.2, -0.15) is 0 Å². The monoisotopic (exact) mass is 431 g/mol. The molecule has 6 nitrogen and oxygen atoms in total. The number of carbonyl (C=O) groups excluding carboxylic acids is 1. The van der Waals surface area contributed by atoms with Gasteiger partial charge < -0.3 is 14.5 Å². The molecule has 1 heterocycles. The fraction of sp³-hybridized carbons (Fsp3) is 0.125. The predicted molar refractivity (Wildman–Crippen MR) is 121 cm³/mol. The van der Waals surface area contributed by atoms with Crippen LogP contribution in [0.3, 0.4) is 0 Å². The van der Waals surface area contributed by atoms with Crippen LogP contribution in [0, 0.1) is 6.92 Å². The second kappa shape index (κ2) is 9.49. The molecule has 7 heteroatoms. The lowest BCUT2D eigenvalue weighted by atomic mass is 10.1. The number of nitrogens with zero attached hydrogens (tertiary/aromatic N) is 2.